The maximum atomic E-state index is 3.61. The Morgan fingerprint density at radius 2 is 1.81 bits per heavy atom. The summed E-state index contributed by atoms with van der Waals surface area (Å²) >= 11 is 1.92. The summed E-state index contributed by atoms with van der Waals surface area (Å²) in [7, 11) is 2.24. The van der Waals surface area contributed by atoms with Gasteiger partial charge in [-0.1, -0.05) is 13.8 Å². The van der Waals surface area contributed by atoms with Gasteiger partial charge < -0.3 is 10.2 Å². The van der Waals surface area contributed by atoms with E-state index >= 15 is 0 Å². The standard InChI is InChI=1S/C13H30N2S/c1-11(2)12(10-14-13(3,4)5)15(6)8-9-16-7/h11-12,14H,8-10H2,1-7H3. The molecule has 0 fully saturated rings. The van der Waals surface area contributed by atoms with Crippen LogP contribution in [0.3, 0.4) is 0 Å². The number of rotatable bonds is 7. The Morgan fingerprint density at radius 3 is 2.19 bits per heavy atom. The molecule has 0 bridgehead atoms. The quantitative estimate of drug-likeness (QED) is 0.743. The molecule has 1 unspecified atom stereocenters. The van der Waals surface area contributed by atoms with Gasteiger partial charge in [-0.15, -0.1) is 0 Å². The molecule has 0 aliphatic heterocycles. The van der Waals surface area contributed by atoms with E-state index in [-0.39, 0.29) is 5.54 Å². The van der Waals surface area contributed by atoms with E-state index in [9.17, 15) is 0 Å². The number of nitrogens with one attached hydrogen (secondary N) is 1. The first-order valence-electron chi connectivity index (χ1n) is 6.22. The largest absolute Gasteiger partial charge is 0.311 e. The van der Waals surface area contributed by atoms with Crippen molar-refractivity contribution in [1.29, 1.82) is 0 Å². The van der Waals surface area contributed by atoms with Gasteiger partial charge in [0, 0.05) is 30.4 Å². The Hall–Kier alpha value is 0.270. The molecule has 3 heteroatoms. The van der Waals surface area contributed by atoms with Gasteiger partial charge in [0.2, 0.25) is 0 Å². The summed E-state index contributed by atoms with van der Waals surface area (Å²) < 4.78 is 0. The molecule has 0 spiro atoms. The number of nitrogens with zero attached hydrogens (tertiary/aromatic N) is 1. The second kappa shape index (κ2) is 7.57. The van der Waals surface area contributed by atoms with Crippen LogP contribution in [0, 0.1) is 5.92 Å². The van der Waals surface area contributed by atoms with Gasteiger partial charge in [0.05, 0.1) is 0 Å². The van der Waals surface area contributed by atoms with Crippen LogP contribution in [0.2, 0.25) is 0 Å². The van der Waals surface area contributed by atoms with Gasteiger partial charge in [-0.25, -0.2) is 0 Å². The summed E-state index contributed by atoms with van der Waals surface area (Å²) in [6, 6.07) is 0.631. The van der Waals surface area contributed by atoms with Crippen molar-refractivity contribution >= 4 is 11.8 Å². The number of hydrogen-bond acceptors (Lipinski definition) is 3. The van der Waals surface area contributed by atoms with E-state index in [1.807, 2.05) is 11.8 Å². The second-order valence-electron chi connectivity index (χ2n) is 5.92. The van der Waals surface area contributed by atoms with Crippen molar-refractivity contribution in [3.63, 3.8) is 0 Å². The van der Waals surface area contributed by atoms with Crippen molar-refractivity contribution in [2.24, 2.45) is 5.92 Å². The maximum Gasteiger partial charge on any atom is 0.0241 e. The molecule has 0 aliphatic rings. The second-order valence-corrected chi connectivity index (χ2v) is 6.90. The van der Waals surface area contributed by atoms with E-state index in [0.29, 0.717) is 12.0 Å². The molecule has 0 aromatic heterocycles. The number of likely N-dealkylation sites (N-methyl/N-ethyl adjacent to an activating group) is 1. The van der Waals surface area contributed by atoms with Crippen molar-refractivity contribution in [3.05, 3.63) is 0 Å². The Balaban J connectivity index is 4.16. The molecule has 1 N–H and O–H groups in total. The zero-order chi connectivity index (χ0) is 12.8. The molecular weight excluding hydrogens is 216 g/mol. The summed E-state index contributed by atoms with van der Waals surface area (Å²) in [5, 5.41) is 3.61. The van der Waals surface area contributed by atoms with Crippen LogP contribution in [0.5, 0.6) is 0 Å². The Labute approximate surface area is 107 Å². The first-order chi connectivity index (χ1) is 7.28. The van der Waals surface area contributed by atoms with Gasteiger partial charge in [0.1, 0.15) is 0 Å². The monoisotopic (exact) mass is 246 g/mol. The van der Waals surface area contributed by atoms with E-state index in [2.05, 4.69) is 58.1 Å². The number of hydrogen-bond donors (Lipinski definition) is 1. The van der Waals surface area contributed by atoms with Crippen LogP contribution in [0.15, 0.2) is 0 Å². The van der Waals surface area contributed by atoms with Crippen LogP contribution in [-0.2, 0) is 0 Å². The topological polar surface area (TPSA) is 15.3 Å². The molecule has 0 radical (unpaired) electrons. The fourth-order valence-electron chi connectivity index (χ4n) is 1.71. The van der Waals surface area contributed by atoms with Gasteiger partial charge in [0.15, 0.2) is 0 Å². The average Bonchev–Trinajstić information content (AvgIpc) is 2.12. The normalized spacial score (nSPS) is 14.8. The Morgan fingerprint density at radius 1 is 1.25 bits per heavy atom. The molecular formula is C13H30N2S. The van der Waals surface area contributed by atoms with Gasteiger partial charge >= 0.3 is 0 Å². The zero-order valence-corrected chi connectivity index (χ0v) is 12.9. The highest BCUT2D eigenvalue weighted by molar-refractivity contribution is 7.98. The molecule has 98 valence electrons. The lowest BCUT2D eigenvalue weighted by atomic mass is 10.0. The highest BCUT2D eigenvalue weighted by atomic mass is 32.2. The minimum Gasteiger partial charge on any atom is -0.311 e. The fraction of sp³-hybridized carbons (Fsp3) is 1.00. The smallest absolute Gasteiger partial charge is 0.0241 e. The predicted molar refractivity (Wildman–Crippen MR) is 77.4 cm³/mol. The van der Waals surface area contributed by atoms with Crippen molar-refractivity contribution in [2.45, 2.75) is 46.2 Å². The predicted octanol–water partition coefficient (Wildman–Crippen LogP) is 2.69. The molecule has 0 heterocycles. The third-order valence-corrected chi connectivity index (χ3v) is 3.42. The Kier molecular flexibility index (Phi) is 7.70. The lowest BCUT2D eigenvalue weighted by Gasteiger charge is -2.34. The lowest BCUT2D eigenvalue weighted by molar-refractivity contribution is 0.185. The average molecular weight is 246 g/mol. The van der Waals surface area contributed by atoms with Crippen LogP contribution in [0.1, 0.15) is 34.6 Å². The van der Waals surface area contributed by atoms with Crippen LogP contribution in [0.25, 0.3) is 0 Å². The third-order valence-electron chi connectivity index (χ3n) is 2.83. The molecule has 1 atom stereocenters. The summed E-state index contributed by atoms with van der Waals surface area (Å²) in [4.78, 5) is 2.49. The molecule has 0 saturated heterocycles. The molecule has 16 heavy (non-hydrogen) atoms. The highest BCUT2D eigenvalue weighted by Gasteiger charge is 2.20. The number of thioether (sulfide) groups is 1. The molecule has 2 nitrogen and oxygen atoms in total. The van der Waals surface area contributed by atoms with Crippen LogP contribution < -0.4 is 5.32 Å². The molecule has 0 aromatic rings. The highest BCUT2D eigenvalue weighted by Crippen LogP contribution is 2.11. The van der Waals surface area contributed by atoms with Crippen LogP contribution in [0.4, 0.5) is 0 Å². The van der Waals surface area contributed by atoms with Gasteiger partial charge in [-0.3, -0.25) is 0 Å². The summed E-state index contributed by atoms with van der Waals surface area (Å²) in [6.07, 6.45) is 2.17. The first kappa shape index (κ1) is 16.3. The van der Waals surface area contributed by atoms with Gasteiger partial charge in [-0.05, 0) is 40.0 Å². The van der Waals surface area contributed by atoms with Crippen molar-refractivity contribution in [1.82, 2.24) is 10.2 Å². The van der Waals surface area contributed by atoms with E-state index in [1.54, 1.807) is 0 Å². The van der Waals surface area contributed by atoms with E-state index in [1.165, 1.54) is 12.3 Å². The van der Waals surface area contributed by atoms with E-state index in [4.69, 9.17) is 0 Å². The summed E-state index contributed by atoms with van der Waals surface area (Å²) in [6.45, 7) is 13.6. The SMILES string of the molecule is CSCCN(C)C(CNC(C)(C)C)C(C)C. The van der Waals surface area contributed by atoms with Crippen molar-refractivity contribution in [2.75, 3.05) is 32.1 Å². The van der Waals surface area contributed by atoms with Crippen LogP contribution >= 0.6 is 11.8 Å². The fourth-order valence-corrected chi connectivity index (χ4v) is 2.18. The molecule has 0 rings (SSSR count). The summed E-state index contributed by atoms with van der Waals surface area (Å²) in [5.41, 5.74) is 0.216. The van der Waals surface area contributed by atoms with Crippen molar-refractivity contribution < 1.29 is 0 Å². The zero-order valence-electron chi connectivity index (χ0n) is 12.1. The first-order valence-corrected chi connectivity index (χ1v) is 7.61. The summed E-state index contributed by atoms with van der Waals surface area (Å²) in [5.74, 6) is 1.91. The molecule has 0 saturated carbocycles. The minimum atomic E-state index is 0.216. The Bertz CT molecular complexity index is 175. The van der Waals surface area contributed by atoms with E-state index < -0.39 is 0 Å². The third kappa shape index (κ3) is 7.53. The lowest BCUT2D eigenvalue weighted by Crippen LogP contribution is -2.49. The molecule has 0 amide bonds. The van der Waals surface area contributed by atoms with Gasteiger partial charge in [0.25, 0.3) is 0 Å². The van der Waals surface area contributed by atoms with Crippen molar-refractivity contribution in [3.8, 4) is 0 Å². The molecule has 0 aliphatic carbocycles. The van der Waals surface area contributed by atoms with Crippen LogP contribution in [-0.4, -0.2) is 48.6 Å². The minimum absolute atomic E-state index is 0.216. The van der Waals surface area contributed by atoms with E-state index in [0.717, 1.165) is 6.54 Å². The maximum absolute atomic E-state index is 3.61. The molecule has 0 aromatic carbocycles. The van der Waals surface area contributed by atoms with Gasteiger partial charge in [-0.2, -0.15) is 11.8 Å².